The first-order valence-corrected chi connectivity index (χ1v) is 6.87. The van der Waals surface area contributed by atoms with Gasteiger partial charge in [0.25, 0.3) is 0 Å². The van der Waals surface area contributed by atoms with Gasteiger partial charge in [-0.2, -0.15) is 0 Å². The highest BCUT2D eigenvalue weighted by atomic mass is 16.5. The van der Waals surface area contributed by atoms with Gasteiger partial charge in [-0.15, -0.1) is 0 Å². The molecule has 1 heterocycles. The summed E-state index contributed by atoms with van der Waals surface area (Å²) in [5, 5.41) is 0. The van der Waals surface area contributed by atoms with E-state index in [9.17, 15) is 4.79 Å². The summed E-state index contributed by atoms with van der Waals surface area (Å²) in [7, 11) is 3.59. The van der Waals surface area contributed by atoms with Crippen molar-refractivity contribution in [3.63, 3.8) is 0 Å². The topological polar surface area (TPSA) is 41.9 Å². The van der Waals surface area contributed by atoms with Gasteiger partial charge in [-0.1, -0.05) is 20.4 Å². The Kier molecular flexibility index (Phi) is 4.77. The van der Waals surface area contributed by atoms with Crippen molar-refractivity contribution in [3.05, 3.63) is 12.3 Å². The van der Waals surface area contributed by atoms with Crippen LogP contribution in [0.1, 0.15) is 40.5 Å². The molecular weight excluding hydrogens is 240 g/mol. The maximum absolute atomic E-state index is 12.0. The fraction of sp³-hybridized carbons (Fsp3) is 0.733. The number of hydrogen-bond acceptors (Lipinski definition) is 3. The van der Waals surface area contributed by atoms with Crippen molar-refractivity contribution >= 4 is 11.8 Å². The van der Waals surface area contributed by atoms with Gasteiger partial charge in [0.15, 0.2) is 5.90 Å². The van der Waals surface area contributed by atoms with Gasteiger partial charge in [0.2, 0.25) is 5.91 Å². The van der Waals surface area contributed by atoms with Gasteiger partial charge in [-0.25, -0.2) is 4.99 Å². The molecule has 2 unspecified atom stereocenters. The first-order valence-electron chi connectivity index (χ1n) is 6.87. The Labute approximate surface area is 116 Å². The summed E-state index contributed by atoms with van der Waals surface area (Å²) in [6.07, 6.45) is 1.59. The molecule has 0 aromatic heterocycles. The smallest absolute Gasteiger partial charge is 0.225 e. The molecule has 0 fully saturated rings. The summed E-state index contributed by atoms with van der Waals surface area (Å²) >= 11 is 0. The molecule has 0 spiro atoms. The quantitative estimate of drug-likeness (QED) is 0.768. The zero-order valence-electron chi connectivity index (χ0n) is 13.0. The summed E-state index contributed by atoms with van der Waals surface area (Å²) in [4.78, 5) is 18.3. The summed E-state index contributed by atoms with van der Waals surface area (Å²) in [5.74, 6) is 1.72. The second-order valence-electron chi connectivity index (χ2n) is 6.01. The molecule has 2 atom stereocenters. The lowest BCUT2D eigenvalue weighted by molar-refractivity contribution is -0.133. The fourth-order valence-electron chi connectivity index (χ4n) is 2.16. The van der Waals surface area contributed by atoms with Crippen molar-refractivity contribution in [1.82, 2.24) is 4.90 Å². The lowest BCUT2D eigenvalue weighted by Gasteiger charge is -2.22. The van der Waals surface area contributed by atoms with Gasteiger partial charge in [0.05, 0.1) is 0 Å². The van der Waals surface area contributed by atoms with Gasteiger partial charge >= 0.3 is 0 Å². The molecule has 0 saturated carbocycles. The first kappa shape index (κ1) is 15.7. The number of carbonyl (C=O) groups excluding carboxylic acids is 1. The molecule has 4 nitrogen and oxygen atoms in total. The molecule has 0 radical (unpaired) electrons. The largest absolute Gasteiger partial charge is 0.445 e. The standard InChI is InChI=1S/C15H26N2O2/c1-8-12(14(18)17(6)7)9-10(2)13-16-15(4,5)11(3)19-13/h10,12H,3,8-9H2,1-2,4-7H3. The van der Waals surface area contributed by atoms with Crippen LogP contribution in [0.4, 0.5) is 0 Å². The fourth-order valence-corrected chi connectivity index (χ4v) is 2.16. The summed E-state index contributed by atoms with van der Waals surface area (Å²) in [6.45, 7) is 12.0. The van der Waals surface area contributed by atoms with E-state index in [0.29, 0.717) is 11.7 Å². The Hall–Kier alpha value is -1.32. The average molecular weight is 266 g/mol. The Morgan fingerprint density at radius 3 is 2.42 bits per heavy atom. The van der Waals surface area contributed by atoms with E-state index in [1.807, 2.05) is 20.8 Å². The van der Waals surface area contributed by atoms with Gasteiger partial charge < -0.3 is 9.64 Å². The van der Waals surface area contributed by atoms with Crippen LogP contribution in [0.2, 0.25) is 0 Å². The number of rotatable bonds is 5. The highest BCUT2D eigenvalue weighted by molar-refractivity contribution is 5.84. The predicted octanol–water partition coefficient (Wildman–Crippen LogP) is 2.85. The molecule has 0 aromatic carbocycles. The van der Waals surface area contributed by atoms with Gasteiger partial charge in [0.1, 0.15) is 11.3 Å². The van der Waals surface area contributed by atoms with E-state index >= 15 is 0 Å². The minimum atomic E-state index is -0.350. The molecule has 1 amide bonds. The van der Waals surface area contributed by atoms with Crippen LogP contribution >= 0.6 is 0 Å². The molecule has 0 N–H and O–H groups in total. The molecule has 0 aliphatic carbocycles. The molecule has 0 aromatic rings. The second-order valence-corrected chi connectivity index (χ2v) is 6.01. The highest BCUT2D eigenvalue weighted by Crippen LogP contribution is 2.31. The lowest BCUT2D eigenvalue weighted by Crippen LogP contribution is -2.31. The maximum atomic E-state index is 12.0. The Morgan fingerprint density at radius 2 is 2.05 bits per heavy atom. The Bertz CT molecular complexity index is 397. The highest BCUT2D eigenvalue weighted by Gasteiger charge is 2.34. The van der Waals surface area contributed by atoms with E-state index in [1.54, 1.807) is 19.0 Å². The molecule has 108 valence electrons. The summed E-state index contributed by atoms with van der Waals surface area (Å²) in [5.41, 5.74) is -0.350. The zero-order chi connectivity index (χ0) is 14.8. The number of aliphatic imine (C=N–C) groups is 1. The molecule has 0 bridgehead atoms. The number of carbonyl (C=O) groups is 1. The van der Waals surface area contributed by atoms with Gasteiger partial charge in [-0.05, 0) is 26.7 Å². The van der Waals surface area contributed by atoms with Crippen LogP contribution in [0, 0.1) is 11.8 Å². The molecule has 4 heteroatoms. The molecule has 19 heavy (non-hydrogen) atoms. The van der Waals surface area contributed by atoms with Crippen LogP contribution < -0.4 is 0 Å². The van der Waals surface area contributed by atoms with E-state index in [-0.39, 0.29) is 23.3 Å². The zero-order valence-corrected chi connectivity index (χ0v) is 13.0. The van der Waals surface area contributed by atoms with Crippen LogP contribution in [0.25, 0.3) is 0 Å². The monoisotopic (exact) mass is 266 g/mol. The third-order valence-corrected chi connectivity index (χ3v) is 3.64. The van der Waals surface area contributed by atoms with Crippen molar-refractivity contribution in [3.8, 4) is 0 Å². The molecule has 1 aliphatic rings. The number of amides is 1. The number of nitrogens with zero attached hydrogens (tertiary/aromatic N) is 2. The Morgan fingerprint density at radius 1 is 1.47 bits per heavy atom. The second kappa shape index (κ2) is 5.76. The van der Waals surface area contributed by atoms with Crippen molar-refractivity contribution in [2.75, 3.05) is 14.1 Å². The van der Waals surface area contributed by atoms with E-state index in [1.165, 1.54) is 0 Å². The number of hydrogen-bond donors (Lipinski definition) is 0. The minimum absolute atomic E-state index is 0.0216. The van der Waals surface area contributed by atoms with E-state index < -0.39 is 0 Å². The van der Waals surface area contributed by atoms with Crippen molar-refractivity contribution < 1.29 is 9.53 Å². The van der Waals surface area contributed by atoms with Crippen molar-refractivity contribution in [2.45, 2.75) is 46.1 Å². The van der Waals surface area contributed by atoms with Crippen LogP contribution in [0.3, 0.4) is 0 Å². The summed E-state index contributed by atoms with van der Waals surface area (Å²) in [6, 6.07) is 0. The third-order valence-electron chi connectivity index (χ3n) is 3.64. The summed E-state index contributed by atoms with van der Waals surface area (Å²) < 4.78 is 5.65. The number of ether oxygens (including phenoxy) is 1. The van der Waals surface area contributed by atoms with E-state index in [4.69, 9.17) is 4.74 Å². The molecular formula is C15H26N2O2. The van der Waals surface area contributed by atoms with E-state index in [0.717, 1.165) is 12.8 Å². The Balaban J connectivity index is 2.72. The van der Waals surface area contributed by atoms with Crippen LogP contribution in [0.15, 0.2) is 17.3 Å². The maximum Gasteiger partial charge on any atom is 0.225 e. The first-order chi connectivity index (χ1) is 8.69. The lowest BCUT2D eigenvalue weighted by atomic mass is 9.92. The molecule has 1 rings (SSSR count). The minimum Gasteiger partial charge on any atom is -0.445 e. The van der Waals surface area contributed by atoms with Crippen LogP contribution in [-0.2, 0) is 9.53 Å². The normalized spacial score (nSPS) is 20.5. The van der Waals surface area contributed by atoms with Crippen LogP contribution in [0.5, 0.6) is 0 Å². The van der Waals surface area contributed by atoms with Crippen LogP contribution in [-0.4, -0.2) is 36.3 Å². The van der Waals surface area contributed by atoms with Gasteiger partial charge in [-0.3, -0.25) is 4.79 Å². The van der Waals surface area contributed by atoms with E-state index in [2.05, 4.69) is 18.5 Å². The predicted molar refractivity (Wildman–Crippen MR) is 78.0 cm³/mol. The third kappa shape index (κ3) is 3.58. The average Bonchev–Trinajstić information content (AvgIpc) is 2.59. The molecule has 1 aliphatic heterocycles. The molecule has 0 saturated heterocycles. The SMILES string of the molecule is C=C1OC(C(C)CC(CC)C(=O)N(C)C)=NC1(C)C. The van der Waals surface area contributed by atoms with Crippen molar-refractivity contribution in [1.29, 1.82) is 0 Å². The van der Waals surface area contributed by atoms with Crippen molar-refractivity contribution in [2.24, 2.45) is 16.8 Å². The van der Waals surface area contributed by atoms with Gasteiger partial charge in [0, 0.05) is 25.9 Å².